The molecule has 0 spiro atoms. The smallest absolute Gasteiger partial charge is 0.236 e. The first-order valence-corrected chi connectivity index (χ1v) is 6.16. The molecule has 1 aliphatic rings. The lowest BCUT2D eigenvalue weighted by molar-refractivity contribution is -0.133. The molecule has 1 aliphatic heterocycles. The van der Waals surface area contributed by atoms with E-state index in [0.717, 1.165) is 25.9 Å². The second-order valence-corrected chi connectivity index (χ2v) is 4.96. The predicted octanol–water partition coefficient (Wildman–Crippen LogP) is 2.57. The van der Waals surface area contributed by atoms with Crippen LogP contribution in [0.5, 0.6) is 0 Å². The van der Waals surface area contributed by atoms with Gasteiger partial charge in [-0.2, -0.15) is 0 Å². The van der Waals surface area contributed by atoms with Crippen LogP contribution in [0, 0.1) is 0 Å². The summed E-state index contributed by atoms with van der Waals surface area (Å²) in [5, 5.41) is 0. The Kier molecular flexibility index (Phi) is 3.41. The Morgan fingerprint density at radius 3 is 2.80 bits per heavy atom. The maximum atomic E-state index is 11.8. The summed E-state index contributed by atoms with van der Waals surface area (Å²) in [5.74, 6) is 0.227. The predicted molar refractivity (Wildman–Crippen MR) is 63.8 cm³/mol. The van der Waals surface area contributed by atoms with Crippen molar-refractivity contribution in [3.8, 4) is 0 Å². The van der Waals surface area contributed by atoms with Crippen LogP contribution in [-0.2, 0) is 11.3 Å². The van der Waals surface area contributed by atoms with Gasteiger partial charge in [0, 0.05) is 13.1 Å². The molecule has 1 saturated heterocycles. The molecule has 0 N–H and O–H groups in total. The number of piperidine rings is 1. The van der Waals surface area contributed by atoms with Crippen molar-refractivity contribution < 1.29 is 4.79 Å². The maximum Gasteiger partial charge on any atom is 0.236 e. The van der Waals surface area contributed by atoms with E-state index < -0.39 is 0 Å². The van der Waals surface area contributed by atoms with Gasteiger partial charge in [-0.25, -0.2) is 0 Å². The van der Waals surface area contributed by atoms with Crippen LogP contribution < -0.4 is 0 Å². The van der Waals surface area contributed by atoms with Gasteiger partial charge in [-0.1, -0.05) is 46.3 Å². The third-order valence-electron chi connectivity index (χ3n) is 2.68. The molecule has 0 radical (unpaired) electrons. The fourth-order valence-electron chi connectivity index (χ4n) is 1.85. The van der Waals surface area contributed by atoms with Gasteiger partial charge in [0.25, 0.3) is 0 Å². The Bertz CT molecular complexity index is 339. The van der Waals surface area contributed by atoms with Crippen molar-refractivity contribution in [2.75, 3.05) is 6.54 Å². The molecule has 0 bridgehead atoms. The van der Waals surface area contributed by atoms with E-state index in [1.807, 2.05) is 23.1 Å². The van der Waals surface area contributed by atoms with E-state index in [1.54, 1.807) is 0 Å². The summed E-state index contributed by atoms with van der Waals surface area (Å²) in [6, 6.07) is 10.1. The molecular weight excluding hydrogens is 254 g/mol. The highest BCUT2D eigenvalue weighted by atomic mass is 79.9. The van der Waals surface area contributed by atoms with E-state index in [1.165, 1.54) is 5.56 Å². The quantitative estimate of drug-likeness (QED) is 0.755. The Morgan fingerprint density at radius 1 is 1.33 bits per heavy atom. The SMILES string of the molecule is O=C1[C@H](Br)CCCN1Cc1ccccc1. The average Bonchev–Trinajstić information content (AvgIpc) is 2.26. The van der Waals surface area contributed by atoms with Crippen molar-refractivity contribution in [1.82, 2.24) is 4.90 Å². The zero-order chi connectivity index (χ0) is 10.7. The highest BCUT2D eigenvalue weighted by Crippen LogP contribution is 2.20. The number of halogens is 1. The van der Waals surface area contributed by atoms with Crippen molar-refractivity contribution >= 4 is 21.8 Å². The lowest BCUT2D eigenvalue weighted by atomic mass is 10.1. The first-order chi connectivity index (χ1) is 7.27. The van der Waals surface area contributed by atoms with E-state index in [2.05, 4.69) is 28.1 Å². The number of hydrogen-bond donors (Lipinski definition) is 0. The van der Waals surface area contributed by atoms with Crippen LogP contribution in [0.1, 0.15) is 18.4 Å². The third-order valence-corrected chi connectivity index (χ3v) is 3.53. The minimum absolute atomic E-state index is 0.0231. The van der Waals surface area contributed by atoms with E-state index in [9.17, 15) is 4.79 Å². The highest BCUT2D eigenvalue weighted by Gasteiger charge is 2.26. The van der Waals surface area contributed by atoms with Crippen molar-refractivity contribution in [3.63, 3.8) is 0 Å². The van der Waals surface area contributed by atoms with E-state index in [-0.39, 0.29) is 10.7 Å². The molecule has 1 aromatic rings. The largest absolute Gasteiger partial charge is 0.337 e. The fourth-order valence-corrected chi connectivity index (χ4v) is 2.47. The molecule has 2 nitrogen and oxygen atoms in total. The number of rotatable bonds is 2. The van der Waals surface area contributed by atoms with Crippen LogP contribution in [0.25, 0.3) is 0 Å². The summed E-state index contributed by atoms with van der Waals surface area (Å²) in [6.45, 7) is 1.62. The van der Waals surface area contributed by atoms with Crippen LogP contribution in [0.15, 0.2) is 30.3 Å². The molecule has 0 saturated carbocycles. The van der Waals surface area contributed by atoms with Crippen molar-refractivity contribution in [3.05, 3.63) is 35.9 Å². The van der Waals surface area contributed by atoms with Gasteiger partial charge in [0.05, 0.1) is 4.83 Å². The molecule has 15 heavy (non-hydrogen) atoms. The molecule has 1 atom stereocenters. The Balaban J connectivity index is 2.03. The Morgan fingerprint density at radius 2 is 2.07 bits per heavy atom. The van der Waals surface area contributed by atoms with Gasteiger partial charge < -0.3 is 4.90 Å². The molecule has 0 unspecified atom stereocenters. The number of hydrogen-bond acceptors (Lipinski definition) is 1. The number of amides is 1. The number of carbonyl (C=O) groups excluding carboxylic acids is 1. The third kappa shape index (κ3) is 2.59. The molecule has 0 aromatic heterocycles. The minimum Gasteiger partial charge on any atom is -0.337 e. The van der Waals surface area contributed by atoms with Crippen LogP contribution in [0.4, 0.5) is 0 Å². The van der Waals surface area contributed by atoms with Crippen LogP contribution in [-0.4, -0.2) is 22.2 Å². The highest BCUT2D eigenvalue weighted by molar-refractivity contribution is 9.10. The molecule has 80 valence electrons. The number of likely N-dealkylation sites (tertiary alicyclic amines) is 1. The summed E-state index contributed by atoms with van der Waals surface area (Å²) in [6.07, 6.45) is 2.05. The summed E-state index contributed by atoms with van der Waals surface area (Å²) in [5.41, 5.74) is 1.20. The number of benzene rings is 1. The van der Waals surface area contributed by atoms with E-state index in [0.29, 0.717) is 0 Å². The van der Waals surface area contributed by atoms with Gasteiger partial charge in [0.1, 0.15) is 0 Å². The van der Waals surface area contributed by atoms with Crippen molar-refractivity contribution in [2.45, 2.75) is 24.2 Å². The molecule has 0 aliphatic carbocycles. The molecule has 1 aromatic carbocycles. The summed E-state index contributed by atoms with van der Waals surface area (Å²) < 4.78 is 0. The topological polar surface area (TPSA) is 20.3 Å². The molecular formula is C12H14BrNO. The maximum absolute atomic E-state index is 11.8. The first-order valence-electron chi connectivity index (χ1n) is 5.24. The molecule has 1 fully saturated rings. The molecule has 1 heterocycles. The van der Waals surface area contributed by atoms with Gasteiger partial charge in [-0.05, 0) is 18.4 Å². The summed E-state index contributed by atoms with van der Waals surface area (Å²) in [7, 11) is 0. The van der Waals surface area contributed by atoms with Crippen LogP contribution in [0.3, 0.4) is 0 Å². The molecule has 2 rings (SSSR count). The van der Waals surface area contributed by atoms with E-state index in [4.69, 9.17) is 0 Å². The van der Waals surface area contributed by atoms with Crippen LogP contribution >= 0.6 is 15.9 Å². The zero-order valence-electron chi connectivity index (χ0n) is 8.53. The fraction of sp³-hybridized carbons (Fsp3) is 0.417. The van der Waals surface area contributed by atoms with Gasteiger partial charge in [-0.3, -0.25) is 4.79 Å². The van der Waals surface area contributed by atoms with Crippen molar-refractivity contribution in [2.24, 2.45) is 0 Å². The first kappa shape index (κ1) is 10.7. The average molecular weight is 268 g/mol. The van der Waals surface area contributed by atoms with Crippen LogP contribution in [0.2, 0.25) is 0 Å². The zero-order valence-corrected chi connectivity index (χ0v) is 10.1. The second-order valence-electron chi connectivity index (χ2n) is 3.86. The van der Waals surface area contributed by atoms with Gasteiger partial charge in [0.2, 0.25) is 5.91 Å². The lowest BCUT2D eigenvalue weighted by Crippen LogP contribution is -2.41. The van der Waals surface area contributed by atoms with E-state index >= 15 is 0 Å². The minimum atomic E-state index is 0.0231. The van der Waals surface area contributed by atoms with Gasteiger partial charge in [0.15, 0.2) is 0 Å². The molecule has 3 heteroatoms. The Labute approximate surface area is 98.4 Å². The van der Waals surface area contributed by atoms with Gasteiger partial charge >= 0.3 is 0 Å². The summed E-state index contributed by atoms with van der Waals surface area (Å²) >= 11 is 3.42. The Hall–Kier alpha value is -0.830. The standard InChI is InChI=1S/C12H14BrNO/c13-11-7-4-8-14(12(11)15)9-10-5-2-1-3-6-10/h1-3,5-6,11H,4,7-9H2/t11-/m1/s1. The van der Waals surface area contributed by atoms with Crippen molar-refractivity contribution in [1.29, 1.82) is 0 Å². The normalized spacial score (nSPS) is 21.8. The van der Waals surface area contributed by atoms with Gasteiger partial charge in [-0.15, -0.1) is 0 Å². The molecule has 1 amide bonds. The number of alkyl halides is 1. The lowest BCUT2D eigenvalue weighted by Gasteiger charge is -2.29. The summed E-state index contributed by atoms with van der Waals surface area (Å²) in [4.78, 5) is 13.8. The monoisotopic (exact) mass is 267 g/mol. The second kappa shape index (κ2) is 4.79. The number of nitrogens with zero attached hydrogens (tertiary/aromatic N) is 1. The number of carbonyl (C=O) groups is 1.